The van der Waals surface area contributed by atoms with Gasteiger partial charge in [0.2, 0.25) is 0 Å². The maximum absolute atomic E-state index is 10.0. The monoisotopic (exact) mass is 320 g/mol. The van der Waals surface area contributed by atoms with Crippen LogP contribution in [0.25, 0.3) is 10.9 Å². The molecule has 1 aromatic carbocycles. The average Bonchev–Trinajstić information content (AvgIpc) is 2.50. The highest BCUT2D eigenvalue weighted by Crippen LogP contribution is 2.31. The minimum absolute atomic E-state index is 0. The molecule has 0 aliphatic carbocycles. The Bertz CT molecular complexity index is 632. The van der Waals surface area contributed by atoms with Crippen molar-refractivity contribution in [3.05, 3.63) is 41.6 Å². The molecule has 0 bridgehead atoms. The predicted octanol–water partition coefficient (Wildman–Crippen LogP) is 3.87. The van der Waals surface area contributed by atoms with Gasteiger partial charge >= 0.3 is 0 Å². The molecule has 0 saturated carbocycles. The van der Waals surface area contributed by atoms with Gasteiger partial charge in [0, 0.05) is 17.1 Å². The highest BCUT2D eigenvalue weighted by atomic mass is 35.5. The molecule has 2 atom stereocenters. The molecule has 0 spiro atoms. The first-order valence-corrected chi connectivity index (χ1v) is 7.93. The van der Waals surface area contributed by atoms with Crippen LogP contribution in [-0.4, -0.2) is 34.2 Å². The molecular formula is C18H25ClN2O. The summed E-state index contributed by atoms with van der Waals surface area (Å²) in [7, 11) is 0. The maximum atomic E-state index is 10.0. The number of likely N-dealkylation sites (tertiary alicyclic amines) is 1. The van der Waals surface area contributed by atoms with Crippen molar-refractivity contribution < 1.29 is 5.11 Å². The van der Waals surface area contributed by atoms with Crippen molar-refractivity contribution in [2.24, 2.45) is 0 Å². The maximum Gasteiger partial charge on any atom is 0.0753 e. The molecule has 1 aliphatic rings. The van der Waals surface area contributed by atoms with Gasteiger partial charge in [-0.15, -0.1) is 12.4 Å². The summed E-state index contributed by atoms with van der Waals surface area (Å²) in [4.78, 5) is 7.17. The summed E-state index contributed by atoms with van der Waals surface area (Å²) in [5.74, 6) is 0. The van der Waals surface area contributed by atoms with E-state index in [2.05, 4.69) is 36.1 Å². The third-order valence-corrected chi connectivity index (χ3v) is 4.68. The van der Waals surface area contributed by atoms with Crippen molar-refractivity contribution in [1.29, 1.82) is 0 Å². The first kappa shape index (κ1) is 17.2. The third kappa shape index (κ3) is 3.27. The molecule has 4 heteroatoms. The molecule has 1 aromatic heterocycles. The fraction of sp³-hybridized carbons (Fsp3) is 0.500. The van der Waals surface area contributed by atoms with E-state index < -0.39 is 0 Å². The number of hydrogen-bond donors (Lipinski definition) is 1. The number of pyridine rings is 1. The number of aromatic nitrogens is 1. The van der Waals surface area contributed by atoms with Crippen LogP contribution in [0, 0.1) is 6.92 Å². The second-order valence-electron chi connectivity index (χ2n) is 6.15. The molecule has 0 unspecified atom stereocenters. The predicted molar refractivity (Wildman–Crippen MR) is 93.6 cm³/mol. The fourth-order valence-electron chi connectivity index (χ4n) is 3.50. The lowest BCUT2D eigenvalue weighted by Crippen LogP contribution is -2.41. The van der Waals surface area contributed by atoms with Gasteiger partial charge in [0.05, 0.1) is 18.2 Å². The molecule has 22 heavy (non-hydrogen) atoms. The van der Waals surface area contributed by atoms with Crippen molar-refractivity contribution in [1.82, 2.24) is 9.88 Å². The number of rotatable bonds is 3. The highest BCUT2D eigenvalue weighted by Gasteiger charge is 2.28. The van der Waals surface area contributed by atoms with E-state index in [-0.39, 0.29) is 25.1 Å². The van der Waals surface area contributed by atoms with Crippen LogP contribution in [0.3, 0.4) is 0 Å². The Morgan fingerprint density at radius 2 is 2.09 bits per heavy atom. The molecule has 120 valence electrons. The van der Waals surface area contributed by atoms with Crippen LogP contribution in [0.2, 0.25) is 0 Å². The van der Waals surface area contributed by atoms with E-state index in [9.17, 15) is 5.11 Å². The van der Waals surface area contributed by atoms with E-state index in [1.165, 1.54) is 19.3 Å². The van der Waals surface area contributed by atoms with Gasteiger partial charge in [-0.1, -0.05) is 30.7 Å². The van der Waals surface area contributed by atoms with Crippen LogP contribution in [0.5, 0.6) is 0 Å². The van der Waals surface area contributed by atoms with Crippen LogP contribution >= 0.6 is 12.4 Å². The molecule has 1 saturated heterocycles. The van der Waals surface area contributed by atoms with Gasteiger partial charge in [-0.25, -0.2) is 0 Å². The Hall–Kier alpha value is -1.16. The number of hydrogen-bond acceptors (Lipinski definition) is 3. The largest absolute Gasteiger partial charge is 0.394 e. The number of aryl methyl sites for hydroxylation is 1. The van der Waals surface area contributed by atoms with Crippen LogP contribution in [0.4, 0.5) is 0 Å². The van der Waals surface area contributed by atoms with Gasteiger partial charge in [0.15, 0.2) is 0 Å². The Kier molecular flexibility index (Phi) is 5.79. The normalized spacial score (nSPS) is 20.6. The van der Waals surface area contributed by atoms with Crippen molar-refractivity contribution in [3.8, 4) is 0 Å². The van der Waals surface area contributed by atoms with Crippen LogP contribution < -0.4 is 0 Å². The number of fused-ring (bicyclic) bond motifs is 1. The van der Waals surface area contributed by atoms with Gasteiger partial charge in [-0.2, -0.15) is 0 Å². The lowest BCUT2D eigenvalue weighted by molar-refractivity contribution is 0.0650. The second kappa shape index (κ2) is 7.40. The minimum Gasteiger partial charge on any atom is -0.394 e. The summed E-state index contributed by atoms with van der Waals surface area (Å²) in [5.41, 5.74) is 3.22. The third-order valence-electron chi connectivity index (χ3n) is 4.68. The molecule has 2 heterocycles. The average molecular weight is 321 g/mol. The fourth-order valence-corrected chi connectivity index (χ4v) is 3.50. The van der Waals surface area contributed by atoms with Gasteiger partial charge in [0.1, 0.15) is 0 Å². The summed E-state index contributed by atoms with van der Waals surface area (Å²) in [6.45, 7) is 5.51. The molecule has 1 fully saturated rings. The first-order valence-electron chi connectivity index (χ1n) is 7.93. The molecule has 1 N–H and O–H groups in total. The Balaban J connectivity index is 0.00000176. The zero-order chi connectivity index (χ0) is 14.8. The van der Waals surface area contributed by atoms with E-state index in [4.69, 9.17) is 4.98 Å². The van der Waals surface area contributed by atoms with E-state index in [0.717, 1.165) is 28.7 Å². The van der Waals surface area contributed by atoms with E-state index in [0.29, 0.717) is 6.04 Å². The first-order chi connectivity index (χ1) is 10.2. The van der Waals surface area contributed by atoms with Gasteiger partial charge in [-0.05, 0) is 44.9 Å². The van der Waals surface area contributed by atoms with Crippen LogP contribution in [0.15, 0.2) is 30.3 Å². The van der Waals surface area contributed by atoms with Gasteiger partial charge in [-0.3, -0.25) is 9.88 Å². The summed E-state index contributed by atoms with van der Waals surface area (Å²) in [6, 6.07) is 11.0. The van der Waals surface area contributed by atoms with Crippen LogP contribution in [-0.2, 0) is 0 Å². The topological polar surface area (TPSA) is 36.4 Å². The molecule has 3 nitrogen and oxygen atoms in total. The number of benzene rings is 1. The lowest BCUT2D eigenvalue weighted by atomic mass is 9.96. The molecular weight excluding hydrogens is 296 g/mol. The molecule has 3 rings (SSSR count). The number of piperidine rings is 1. The SMILES string of the molecule is Cc1ccc2cccc([C@H](CO)N3CCCC[C@H]3C)c2n1.Cl. The van der Waals surface area contributed by atoms with Crippen LogP contribution in [0.1, 0.15) is 43.5 Å². The van der Waals surface area contributed by atoms with Crippen molar-refractivity contribution >= 4 is 23.3 Å². The molecule has 0 radical (unpaired) electrons. The minimum atomic E-state index is 0. The smallest absolute Gasteiger partial charge is 0.0753 e. The van der Waals surface area contributed by atoms with E-state index >= 15 is 0 Å². The number of nitrogens with zero attached hydrogens (tertiary/aromatic N) is 2. The lowest BCUT2D eigenvalue weighted by Gasteiger charge is -2.39. The number of aliphatic hydroxyl groups is 1. The Labute approximate surface area is 138 Å². The van der Waals surface area contributed by atoms with E-state index in [1.54, 1.807) is 0 Å². The zero-order valence-electron chi connectivity index (χ0n) is 13.3. The number of para-hydroxylation sites is 1. The van der Waals surface area contributed by atoms with E-state index in [1.807, 2.05) is 13.0 Å². The van der Waals surface area contributed by atoms with Crippen molar-refractivity contribution in [3.63, 3.8) is 0 Å². The van der Waals surface area contributed by atoms with Crippen molar-refractivity contribution in [2.75, 3.05) is 13.2 Å². The number of halogens is 1. The quantitative estimate of drug-likeness (QED) is 0.932. The molecule has 1 aliphatic heterocycles. The van der Waals surface area contributed by atoms with Crippen molar-refractivity contribution in [2.45, 2.75) is 45.2 Å². The summed E-state index contributed by atoms with van der Waals surface area (Å²) in [6.07, 6.45) is 3.73. The zero-order valence-corrected chi connectivity index (χ0v) is 14.1. The summed E-state index contributed by atoms with van der Waals surface area (Å²) < 4.78 is 0. The number of aliphatic hydroxyl groups excluding tert-OH is 1. The van der Waals surface area contributed by atoms with Gasteiger partial charge in [0.25, 0.3) is 0 Å². The van der Waals surface area contributed by atoms with Gasteiger partial charge < -0.3 is 5.11 Å². The molecule has 2 aromatic rings. The Morgan fingerprint density at radius 3 is 2.82 bits per heavy atom. The summed E-state index contributed by atoms with van der Waals surface area (Å²) in [5, 5.41) is 11.2. The standard InChI is InChI=1S/C18H24N2O.ClH/c1-13-9-10-15-7-5-8-16(18(15)19-13)17(12-21)20-11-4-3-6-14(20)2;/h5,7-10,14,17,21H,3-4,6,11-12H2,1-2H3;1H/t14-,17+;/m1./s1. The summed E-state index contributed by atoms with van der Waals surface area (Å²) >= 11 is 0. The molecule has 0 amide bonds. The highest BCUT2D eigenvalue weighted by molar-refractivity contribution is 5.85. The Morgan fingerprint density at radius 1 is 1.27 bits per heavy atom. The second-order valence-corrected chi connectivity index (χ2v) is 6.15.